The number of halogens is 3. The van der Waals surface area contributed by atoms with Gasteiger partial charge in [-0.15, -0.1) is 0 Å². The normalized spacial score (nSPS) is 17.5. The van der Waals surface area contributed by atoms with Crippen LogP contribution >= 0.6 is 0 Å². The van der Waals surface area contributed by atoms with E-state index in [1.807, 2.05) is 24.3 Å². The van der Waals surface area contributed by atoms with Crippen molar-refractivity contribution in [1.82, 2.24) is 14.9 Å². The number of amides is 1. The van der Waals surface area contributed by atoms with E-state index in [-0.39, 0.29) is 29.6 Å². The number of aliphatic hydroxyl groups excluding tert-OH is 1. The first-order chi connectivity index (χ1) is 17.6. The van der Waals surface area contributed by atoms with Gasteiger partial charge < -0.3 is 15.0 Å². The second-order valence-corrected chi connectivity index (χ2v) is 9.64. The molecule has 0 spiro atoms. The fraction of sp³-hybridized carbons (Fsp3) is 0.321. The number of hydrogen-bond donors (Lipinski definition) is 2. The van der Waals surface area contributed by atoms with Gasteiger partial charge in [-0.1, -0.05) is 49.1 Å². The van der Waals surface area contributed by atoms with E-state index in [0.29, 0.717) is 29.9 Å². The topological polar surface area (TPSA) is 86.3 Å². The lowest BCUT2D eigenvalue weighted by Crippen LogP contribution is -2.36. The Balaban J connectivity index is 1.41. The maximum absolute atomic E-state index is 13.2. The molecule has 2 heterocycles. The monoisotopic (exact) mass is 509 g/mol. The molecule has 6 nitrogen and oxygen atoms in total. The molecule has 1 fully saturated rings. The maximum Gasteiger partial charge on any atom is 0.416 e. The summed E-state index contributed by atoms with van der Waals surface area (Å²) in [6, 6.07) is 12.0. The predicted octanol–water partition coefficient (Wildman–Crippen LogP) is 4.52. The molecule has 1 amide bonds. The van der Waals surface area contributed by atoms with E-state index in [1.165, 1.54) is 11.0 Å². The minimum absolute atomic E-state index is 0.0776. The van der Waals surface area contributed by atoms with Gasteiger partial charge in [0.05, 0.1) is 28.8 Å². The van der Waals surface area contributed by atoms with Crippen molar-refractivity contribution in [2.45, 2.75) is 49.9 Å². The maximum atomic E-state index is 13.2. The van der Waals surface area contributed by atoms with Crippen molar-refractivity contribution in [3.8, 4) is 0 Å². The fourth-order valence-electron chi connectivity index (χ4n) is 4.99. The summed E-state index contributed by atoms with van der Waals surface area (Å²) in [7, 11) is 0. The Kier molecular flexibility index (Phi) is 6.27. The lowest BCUT2D eigenvalue weighted by molar-refractivity contribution is -0.142. The van der Waals surface area contributed by atoms with E-state index in [9.17, 15) is 27.9 Å². The van der Waals surface area contributed by atoms with Crippen molar-refractivity contribution >= 4 is 12.0 Å². The third kappa shape index (κ3) is 4.71. The molecule has 1 aliphatic heterocycles. The zero-order valence-electron chi connectivity index (χ0n) is 20.0. The highest BCUT2D eigenvalue weighted by Gasteiger charge is 2.48. The molecule has 5 rings (SSSR count). The lowest BCUT2D eigenvalue weighted by Gasteiger charge is -2.24. The van der Waals surface area contributed by atoms with Crippen molar-refractivity contribution in [1.29, 1.82) is 0 Å². The van der Waals surface area contributed by atoms with Crippen LogP contribution in [0.25, 0.3) is 6.08 Å². The van der Waals surface area contributed by atoms with Crippen LogP contribution in [0.2, 0.25) is 0 Å². The summed E-state index contributed by atoms with van der Waals surface area (Å²) in [4.78, 5) is 35.3. The molecule has 0 saturated heterocycles. The molecule has 0 bridgehead atoms. The van der Waals surface area contributed by atoms with E-state index in [2.05, 4.69) is 11.6 Å². The van der Waals surface area contributed by atoms with Gasteiger partial charge in [-0.25, -0.2) is 4.98 Å². The van der Waals surface area contributed by atoms with Crippen LogP contribution in [0.4, 0.5) is 13.2 Å². The Morgan fingerprint density at radius 1 is 1.19 bits per heavy atom. The Hall–Kier alpha value is -3.72. The van der Waals surface area contributed by atoms with Gasteiger partial charge >= 0.3 is 6.18 Å². The predicted molar refractivity (Wildman–Crippen MR) is 132 cm³/mol. The molecule has 3 aromatic rings. The van der Waals surface area contributed by atoms with Crippen molar-refractivity contribution in [2.75, 3.05) is 6.54 Å². The summed E-state index contributed by atoms with van der Waals surface area (Å²) in [6.07, 6.45) is -1.93. The number of hydrogen-bond acceptors (Lipinski definition) is 4. The second kappa shape index (κ2) is 9.30. The molecule has 9 heteroatoms. The molecule has 2 N–H and O–H groups in total. The van der Waals surface area contributed by atoms with Crippen LogP contribution in [-0.4, -0.2) is 32.4 Å². The number of aliphatic hydroxyl groups is 1. The number of rotatable bonds is 5. The number of aryl methyl sites for hydroxylation is 1. The Bertz CT molecular complexity index is 1430. The molecular weight excluding hydrogens is 483 g/mol. The first-order valence-corrected chi connectivity index (χ1v) is 12.1. The minimum atomic E-state index is -4.59. The van der Waals surface area contributed by atoms with E-state index in [0.717, 1.165) is 42.2 Å². The Morgan fingerprint density at radius 3 is 2.65 bits per heavy atom. The number of nitrogens with zero attached hydrogens (tertiary/aromatic N) is 2. The average Bonchev–Trinajstić information content (AvgIpc) is 3.72. The zero-order chi connectivity index (χ0) is 26.4. The van der Waals surface area contributed by atoms with Crippen molar-refractivity contribution in [2.24, 2.45) is 0 Å². The summed E-state index contributed by atoms with van der Waals surface area (Å²) in [5.41, 5.74) is 1.17. The zero-order valence-corrected chi connectivity index (χ0v) is 20.0. The number of nitrogens with one attached hydrogen (secondary N) is 1. The van der Waals surface area contributed by atoms with Gasteiger partial charge in [-0.2, -0.15) is 13.2 Å². The van der Waals surface area contributed by atoms with Gasteiger partial charge in [0, 0.05) is 6.54 Å². The van der Waals surface area contributed by atoms with E-state index in [1.54, 1.807) is 6.08 Å². The third-order valence-electron chi connectivity index (χ3n) is 7.25. The highest BCUT2D eigenvalue weighted by atomic mass is 19.4. The van der Waals surface area contributed by atoms with Crippen LogP contribution in [0.15, 0.2) is 59.9 Å². The highest BCUT2D eigenvalue weighted by Crippen LogP contribution is 2.52. The third-order valence-corrected chi connectivity index (χ3v) is 7.25. The smallest absolute Gasteiger partial charge is 0.378 e. The second-order valence-electron chi connectivity index (χ2n) is 9.64. The molecule has 2 aliphatic rings. The quantitative estimate of drug-likeness (QED) is 0.530. The molecule has 1 saturated carbocycles. The van der Waals surface area contributed by atoms with E-state index >= 15 is 0 Å². The summed E-state index contributed by atoms with van der Waals surface area (Å²) < 4.78 is 39.3. The molecule has 192 valence electrons. The van der Waals surface area contributed by atoms with Crippen LogP contribution in [0.5, 0.6) is 0 Å². The Labute approximate surface area is 211 Å². The highest BCUT2D eigenvalue weighted by molar-refractivity contribution is 5.82. The summed E-state index contributed by atoms with van der Waals surface area (Å²) in [5.74, 6) is -0.156. The molecule has 1 unspecified atom stereocenters. The number of H-pyrrole nitrogens is 1. The summed E-state index contributed by atoms with van der Waals surface area (Å²) in [6.45, 7) is 3.99. The van der Waals surface area contributed by atoms with Crippen LogP contribution in [0, 0.1) is 0 Å². The molecule has 1 atom stereocenters. The largest absolute Gasteiger partial charge is 0.416 e. The molecular formula is C28H26F3N3O3. The number of aromatic nitrogens is 2. The number of fused-ring (bicyclic) bond motifs is 1. The van der Waals surface area contributed by atoms with Gasteiger partial charge in [0.15, 0.2) is 6.10 Å². The van der Waals surface area contributed by atoms with Gasteiger partial charge in [-0.3, -0.25) is 9.59 Å². The van der Waals surface area contributed by atoms with Crippen LogP contribution < -0.4 is 5.56 Å². The van der Waals surface area contributed by atoms with Crippen molar-refractivity contribution in [3.63, 3.8) is 0 Å². The first kappa shape index (κ1) is 25.0. The lowest BCUT2D eigenvalue weighted by atomic mass is 9.93. The van der Waals surface area contributed by atoms with Crippen molar-refractivity contribution < 1.29 is 23.1 Å². The number of alkyl halides is 3. The molecule has 37 heavy (non-hydrogen) atoms. The summed E-state index contributed by atoms with van der Waals surface area (Å²) >= 11 is 0. The van der Waals surface area contributed by atoms with Gasteiger partial charge in [0.1, 0.15) is 5.82 Å². The molecule has 2 aromatic carbocycles. The number of aromatic amines is 1. The van der Waals surface area contributed by atoms with Gasteiger partial charge in [-0.05, 0) is 54.5 Å². The van der Waals surface area contributed by atoms with Crippen LogP contribution in [-0.2, 0) is 29.4 Å². The standard InChI is InChI=1S/C28H26F3N3O3/c1-2-17-6-3-8-19(14-17)27(11-12-27)26-32-22-10-5-13-34(16-21(22)24(36)33-26)25(37)23(35)18-7-4-9-20(15-18)28(29,30)31/h2-4,6-9,14-15,23,35H,1,5,10-13,16H2,(H,32,33,36). The average molecular weight is 510 g/mol. The van der Waals surface area contributed by atoms with Crippen LogP contribution in [0.3, 0.4) is 0 Å². The fourth-order valence-corrected chi connectivity index (χ4v) is 4.99. The minimum Gasteiger partial charge on any atom is -0.378 e. The van der Waals surface area contributed by atoms with Crippen molar-refractivity contribution in [3.05, 3.63) is 105 Å². The number of carbonyl (C=O) groups excluding carboxylic acids is 1. The first-order valence-electron chi connectivity index (χ1n) is 12.1. The van der Waals surface area contributed by atoms with E-state index < -0.39 is 23.8 Å². The molecule has 1 aliphatic carbocycles. The number of carbonyl (C=O) groups is 1. The number of benzene rings is 2. The SMILES string of the molecule is C=Cc1cccc(C2(c3nc4c(c(=O)[nH]3)CN(C(=O)C(O)c3cccc(C(F)(F)F)c3)CCC4)CC2)c1. The van der Waals surface area contributed by atoms with E-state index in [4.69, 9.17) is 4.98 Å². The molecule has 1 aromatic heterocycles. The van der Waals surface area contributed by atoms with Crippen LogP contribution in [0.1, 0.15) is 64.7 Å². The Morgan fingerprint density at radius 2 is 1.95 bits per heavy atom. The van der Waals surface area contributed by atoms with Gasteiger partial charge in [0.2, 0.25) is 0 Å². The summed E-state index contributed by atoms with van der Waals surface area (Å²) in [5, 5.41) is 10.6. The van der Waals surface area contributed by atoms with Gasteiger partial charge in [0.25, 0.3) is 11.5 Å². The molecule has 0 radical (unpaired) electrons.